The van der Waals surface area contributed by atoms with Crippen molar-refractivity contribution in [2.45, 2.75) is 45.2 Å². The lowest BCUT2D eigenvalue weighted by Gasteiger charge is -2.32. The topological polar surface area (TPSA) is 75.1 Å². The fourth-order valence-electron chi connectivity index (χ4n) is 2.69. The number of anilines is 2. The van der Waals surface area contributed by atoms with Gasteiger partial charge < -0.3 is 15.5 Å². The second-order valence-electron chi connectivity index (χ2n) is 7.02. The van der Waals surface area contributed by atoms with Gasteiger partial charge in [0, 0.05) is 36.9 Å². The molecule has 1 fully saturated rings. The Morgan fingerprint density at radius 2 is 2.08 bits per heavy atom. The first-order valence-electron chi connectivity index (χ1n) is 8.19. The molecule has 1 saturated heterocycles. The van der Waals surface area contributed by atoms with Gasteiger partial charge in [-0.2, -0.15) is 5.10 Å². The number of nitrogens with zero attached hydrogens (tertiary/aromatic N) is 4. The molecular formula is C16H24N6OS. The molecule has 2 aromatic heterocycles. The molecule has 0 aromatic carbocycles. The maximum atomic E-state index is 12.2. The number of piperidine rings is 1. The van der Waals surface area contributed by atoms with Gasteiger partial charge in [0.05, 0.1) is 17.4 Å². The highest BCUT2D eigenvalue weighted by Gasteiger charge is 2.22. The van der Waals surface area contributed by atoms with Crippen LogP contribution in [0, 0.1) is 0 Å². The van der Waals surface area contributed by atoms with Crippen molar-refractivity contribution < 1.29 is 4.79 Å². The molecule has 24 heavy (non-hydrogen) atoms. The lowest BCUT2D eigenvalue weighted by atomic mass is 10.1. The molecule has 2 aromatic rings. The van der Waals surface area contributed by atoms with Gasteiger partial charge in [0.2, 0.25) is 0 Å². The summed E-state index contributed by atoms with van der Waals surface area (Å²) in [5.41, 5.74) is 0.613. The lowest BCUT2D eigenvalue weighted by molar-refractivity contribution is 0.246. The van der Waals surface area contributed by atoms with Gasteiger partial charge in [0.1, 0.15) is 0 Å². The van der Waals surface area contributed by atoms with Crippen LogP contribution in [-0.2, 0) is 5.54 Å². The van der Waals surface area contributed by atoms with E-state index >= 15 is 0 Å². The van der Waals surface area contributed by atoms with Gasteiger partial charge >= 0.3 is 6.03 Å². The predicted molar refractivity (Wildman–Crippen MR) is 96.7 cm³/mol. The smallest absolute Gasteiger partial charge is 0.319 e. The Hall–Kier alpha value is -2.09. The highest BCUT2D eigenvalue weighted by atomic mass is 32.1. The third-order valence-corrected chi connectivity index (χ3v) is 4.88. The summed E-state index contributed by atoms with van der Waals surface area (Å²) < 4.78 is 1.84. The van der Waals surface area contributed by atoms with Crippen LogP contribution in [0.15, 0.2) is 24.0 Å². The average Bonchev–Trinajstić information content (AvgIpc) is 3.18. The van der Waals surface area contributed by atoms with Crippen molar-refractivity contribution in [1.29, 1.82) is 0 Å². The molecule has 3 heterocycles. The second-order valence-corrected chi connectivity index (χ2v) is 7.89. The molecule has 0 aliphatic carbocycles. The maximum absolute atomic E-state index is 12.2. The van der Waals surface area contributed by atoms with Crippen molar-refractivity contribution in [3.05, 3.63) is 24.0 Å². The van der Waals surface area contributed by atoms with Crippen LogP contribution in [0.2, 0.25) is 0 Å². The Kier molecular flexibility index (Phi) is 4.75. The zero-order valence-corrected chi connectivity index (χ0v) is 15.1. The van der Waals surface area contributed by atoms with E-state index in [9.17, 15) is 4.79 Å². The highest BCUT2D eigenvalue weighted by Crippen LogP contribution is 2.22. The van der Waals surface area contributed by atoms with E-state index < -0.39 is 0 Å². The molecule has 3 rings (SSSR count). The van der Waals surface area contributed by atoms with Crippen LogP contribution in [-0.4, -0.2) is 39.9 Å². The van der Waals surface area contributed by atoms with E-state index in [-0.39, 0.29) is 17.6 Å². The van der Waals surface area contributed by atoms with E-state index in [1.807, 2.05) is 22.5 Å². The van der Waals surface area contributed by atoms with Gasteiger partial charge in [-0.3, -0.25) is 4.68 Å². The summed E-state index contributed by atoms with van der Waals surface area (Å²) in [6.07, 6.45) is 7.21. The van der Waals surface area contributed by atoms with E-state index in [0.29, 0.717) is 5.69 Å². The van der Waals surface area contributed by atoms with Crippen molar-refractivity contribution in [3.63, 3.8) is 0 Å². The monoisotopic (exact) mass is 348 g/mol. The van der Waals surface area contributed by atoms with Crippen LogP contribution in [0.4, 0.5) is 15.6 Å². The molecule has 0 spiro atoms. The van der Waals surface area contributed by atoms with Crippen LogP contribution >= 0.6 is 11.3 Å². The van der Waals surface area contributed by atoms with Crippen LogP contribution in [0.1, 0.15) is 33.6 Å². The number of aromatic nitrogens is 3. The molecule has 1 aliphatic rings. The normalized spacial score (nSPS) is 16.2. The van der Waals surface area contributed by atoms with Crippen molar-refractivity contribution in [2.24, 2.45) is 0 Å². The first-order chi connectivity index (χ1) is 11.4. The summed E-state index contributed by atoms with van der Waals surface area (Å²) in [7, 11) is 0. The molecule has 0 unspecified atom stereocenters. The number of rotatable bonds is 3. The molecule has 130 valence electrons. The largest absolute Gasteiger partial charge is 0.348 e. The zero-order chi connectivity index (χ0) is 17.2. The van der Waals surface area contributed by atoms with E-state index in [4.69, 9.17) is 0 Å². The van der Waals surface area contributed by atoms with Crippen molar-refractivity contribution in [1.82, 2.24) is 20.1 Å². The molecule has 0 radical (unpaired) electrons. The first-order valence-corrected chi connectivity index (χ1v) is 9.07. The molecule has 0 bridgehead atoms. The lowest BCUT2D eigenvalue weighted by Crippen LogP contribution is -2.46. The summed E-state index contributed by atoms with van der Waals surface area (Å²) in [5.74, 6) is 0. The van der Waals surface area contributed by atoms with E-state index in [1.165, 1.54) is 0 Å². The van der Waals surface area contributed by atoms with E-state index in [0.717, 1.165) is 31.1 Å². The van der Waals surface area contributed by atoms with E-state index in [1.54, 1.807) is 17.5 Å². The summed E-state index contributed by atoms with van der Waals surface area (Å²) in [6, 6.07) is 0.0232. The Morgan fingerprint density at radius 1 is 1.33 bits per heavy atom. The number of hydrogen-bond donors (Lipinski definition) is 2. The molecule has 2 amide bonds. The molecular weight excluding hydrogens is 324 g/mol. The Bertz CT molecular complexity index is 667. The highest BCUT2D eigenvalue weighted by molar-refractivity contribution is 7.13. The van der Waals surface area contributed by atoms with Gasteiger partial charge in [-0.25, -0.2) is 9.78 Å². The number of carbonyl (C=O) groups excluding carboxylic acids is 1. The fourth-order valence-corrected chi connectivity index (χ4v) is 3.39. The minimum Gasteiger partial charge on any atom is -0.348 e. The number of hydrogen-bond acceptors (Lipinski definition) is 5. The average molecular weight is 348 g/mol. The van der Waals surface area contributed by atoms with Crippen LogP contribution in [0.25, 0.3) is 0 Å². The Labute approximate surface area is 146 Å². The van der Waals surface area contributed by atoms with Crippen molar-refractivity contribution >= 4 is 28.2 Å². The minimum absolute atomic E-state index is 0.0982. The standard InChI is InChI=1S/C16H24N6OS/c1-16(2,3)22-11-13(10-18-22)20-14(23)19-12-4-7-21(8-5-12)15-17-6-9-24-15/h6,9-12H,4-5,7-8H2,1-3H3,(H2,19,20,23). The molecule has 0 atom stereocenters. The quantitative estimate of drug-likeness (QED) is 0.894. The fraction of sp³-hybridized carbons (Fsp3) is 0.562. The summed E-state index contributed by atoms with van der Waals surface area (Å²) in [6.45, 7) is 8.04. The third kappa shape index (κ3) is 4.05. The third-order valence-electron chi connectivity index (χ3n) is 4.05. The summed E-state index contributed by atoms with van der Waals surface area (Å²) >= 11 is 1.66. The van der Waals surface area contributed by atoms with E-state index in [2.05, 4.69) is 46.4 Å². The number of nitrogens with one attached hydrogen (secondary N) is 2. The predicted octanol–water partition coefficient (Wildman–Crippen LogP) is 2.89. The zero-order valence-electron chi connectivity index (χ0n) is 14.3. The van der Waals surface area contributed by atoms with Crippen molar-refractivity contribution in [2.75, 3.05) is 23.3 Å². The number of carbonyl (C=O) groups is 1. The summed E-state index contributed by atoms with van der Waals surface area (Å²) in [5, 5.41) is 13.3. The van der Waals surface area contributed by atoms with Crippen LogP contribution in [0.5, 0.6) is 0 Å². The molecule has 2 N–H and O–H groups in total. The SMILES string of the molecule is CC(C)(C)n1cc(NC(=O)NC2CCN(c3nccs3)CC2)cn1. The number of thiazole rings is 1. The second kappa shape index (κ2) is 6.80. The molecule has 8 heteroatoms. The van der Waals surface area contributed by atoms with Crippen LogP contribution < -0.4 is 15.5 Å². The molecule has 7 nitrogen and oxygen atoms in total. The summed E-state index contributed by atoms with van der Waals surface area (Å²) in [4.78, 5) is 18.8. The van der Waals surface area contributed by atoms with Crippen LogP contribution in [0.3, 0.4) is 0 Å². The maximum Gasteiger partial charge on any atom is 0.319 e. The number of urea groups is 1. The van der Waals surface area contributed by atoms with Gasteiger partial charge in [0.15, 0.2) is 5.13 Å². The van der Waals surface area contributed by atoms with Gasteiger partial charge in [-0.15, -0.1) is 11.3 Å². The Morgan fingerprint density at radius 3 is 2.67 bits per heavy atom. The van der Waals surface area contributed by atoms with Gasteiger partial charge in [-0.1, -0.05) is 0 Å². The minimum atomic E-state index is -0.170. The van der Waals surface area contributed by atoms with Gasteiger partial charge in [0.25, 0.3) is 0 Å². The molecule has 0 saturated carbocycles. The first kappa shape index (κ1) is 16.8. The number of amides is 2. The van der Waals surface area contributed by atoms with Crippen molar-refractivity contribution in [3.8, 4) is 0 Å². The molecule has 1 aliphatic heterocycles. The van der Waals surface area contributed by atoms with Gasteiger partial charge in [-0.05, 0) is 33.6 Å². The Balaban J connectivity index is 1.47.